The SMILES string of the molecule is COc1cc(N2CCCC(N(C)C)CC2)ccc1Nc1ncc(C(F)(F)F)c(Nc2cccc3c2C(=O)N(CCF)C3C)n1. The van der Waals surface area contributed by atoms with Crippen LogP contribution in [0.5, 0.6) is 5.75 Å². The summed E-state index contributed by atoms with van der Waals surface area (Å²) >= 11 is 0. The number of halogens is 4. The smallest absolute Gasteiger partial charge is 0.421 e. The Bertz CT molecular complexity index is 1500. The van der Waals surface area contributed by atoms with Gasteiger partial charge in [-0.2, -0.15) is 18.2 Å². The number of aromatic nitrogens is 2. The van der Waals surface area contributed by atoms with Crippen LogP contribution in [-0.2, 0) is 6.18 Å². The summed E-state index contributed by atoms with van der Waals surface area (Å²) in [7, 11) is 5.72. The van der Waals surface area contributed by atoms with E-state index in [1.54, 1.807) is 25.1 Å². The number of anilines is 5. The Kier molecular flexibility index (Phi) is 9.14. The second kappa shape index (κ2) is 12.8. The lowest BCUT2D eigenvalue weighted by Crippen LogP contribution is -2.30. The van der Waals surface area contributed by atoms with Gasteiger partial charge in [-0.25, -0.2) is 9.37 Å². The van der Waals surface area contributed by atoms with Crippen molar-refractivity contribution in [1.82, 2.24) is 19.8 Å². The van der Waals surface area contributed by atoms with Crippen molar-refractivity contribution in [2.24, 2.45) is 0 Å². The first-order valence-corrected chi connectivity index (χ1v) is 14.6. The Balaban J connectivity index is 1.42. The minimum atomic E-state index is -4.77. The van der Waals surface area contributed by atoms with Crippen LogP contribution in [0.4, 0.5) is 46.4 Å². The van der Waals surface area contributed by atoms with Crippen LogP contribution in [0.2, 0.25) is 0 Å². The molecule has 0 bridgehead atoms. The molecule has 2 aliphatic rings. The molecular weight excluding hydrogens is 578 g/mol. The van der Waals surface area contributed by atoms with E-state index in [9.17, 15) is 22.4 Å². The van der Waals surface area contributed by atoms with Gasteiger partial charge in [0, 0.05) is 43.6 Å². The summed E-state index contributed by atoms with van der Waals surface area (Å²) in [4.78, 5) is 27.1. The van der Waals surface area contributed by atoms with E-state index in [4.69, 9.17) is 4.74 Å². The number of rotatable bonds is 9. The highest BCUT2D eigenvalue weighted by atomic mass is 19.4. The van der Waals surface area contributed by atoms with Crippen molar-refractivity contribution in [3.63, 3.8) is 0 Å². The predicted octanol–water partition coefficient (Wildman–Crippen LogP) is 6.40. The fraction of sp³-hybridized carbons (Fsp3) is 0.452. The molecule has 0 radical (unpaired) electrons. The van der Waals surface area contributed by atoms with Crippen LogP contribution in [0.3, 0.4) is 0 Å². The Morgan fingerprint density at radius 1 is 1.09 bits per heavy atom. The monoisotopic (exact) mass is 615 g/mol. The number of benzene rings is 2. The van der Waals surface area contributed by atoms with Crippen LogP contribution in [0, 0.1) is 0 Å². The average molecular weight is 616 g/mol. The second-order valence-electron chi connectivity index (χ2n) is 11.3. The number of methoxy groups -OCH3 is 1. The Morgan fingerprint density at radius 3 is 2.59 bits per heavy atom. The van der Waals surface area contributed by atoms with E-state index in [0.717, 1.165) is 38.0 Å². The largest absolute Gasteiger partial charge is 0.494 e. The normalized spacial score (nSPS) is 18.8. The Labute approximate surface area is 254 Å². The maximum atomic E-state index is 14.0. The van der Waals surface area contributed by atoms with E-state index in [2.05, 4.69) is 44.5 Å². The first kappa shape index (κ1) is 31.3. The maximum Gasteiger partial charge on any atom is 0.421 e. The molecule has 5 rings (SSSR count). The highest BCUT2D eigenvalue weighted by Crippen LogP contribution is 2.41. The number of carbonyl (C=O) groups excluding carboxylic acids is 1. The molecule has 2 atom stereocenters. The van der Waals surface area contributed by atoms with Crippen molar-refractivity contribution in [2.45, 2.75) is 44.4 Å². The van der Waals surface area contributed by atoms with Crippen molar-refractivity contribution < 1.29 is 27.1 Å². The second-order valence-corrected chi connectivity index (χ2v) is 11.3. The number of nitrogens with one attached hydrogen (secondary N) is 2. The lowest BCUT2D eigenvalue weighted by molar-refractivity contribution is -0.137. The molecule has 0 saturated carbocycles. The number of fused-ring (bicyclic) bond motifs is 1. The van der Waals surface area contributed by atoms with Gasteiger partial charge in [-0.05, 0) is 64.0 Å². The number of amides is 1. The molecular formula is C31H37F4N7O2. The summed E-state index contributed by atoms with van der Waals surface area (Å²) in [6, 6.07) is 10.6. The fourth-order valence-electron chi connectivity index (χ4n) is 5.96. The topological polar surface area (TPSA) is 85.9 Å². The first-order valence-electron chi connectivity index (χ1n) is 14.6. The van der Waals surface area contributed by atoms with Gasteiger partial charge in [0.05, 0.1) is 30.1 Å². The van der Waals surface area contributed by atoms with Crippen LogP contribution >= 0.6 is 0 Å². The molecule has 44 heavy (non-hydrogen) atoms. The van der Waals surface area contributed by atoms with Gasteiger partial charge in [-0.1, -0.05) is 12.1 Å². The zero-order valence-electron chi connectivity index (χ0n) is 25.2. The first-order chi connectivity index (χ1) is 21.0. The van der Waals surface area contributed by atoms with Crippen LogP contribution in [0.15, 0.2) is 42.6 Å². The molecule has 3 heterocycles. The molecule has 13 heteroatoms. The van der Waals surface area contributed by atoms with Gasteiger partial charge in [0.1, 0.15) is 23.8 Å². The van der Waals surface area contributed by atoms with Gasteiger partial charge in [-0.15, -0.1) is 0 Å². The highest BCUT2D eigenvalue weighted by Gasteiger charge is 2.38. The maximum absolute atomic E-state index is 14.0. The molecule has 9 nitrogen and oxygen atoms in total. The number of carbonyl (C=O) groups is 1. The average Bonchev–Trinajstić information content (AvgIpc) is 3.13. The van der Waals surface area contributed by atoms with E-state index in [0.29, 0.717) is 29.2 Å². The number of hydrogen-bond donors (Lipinski definition) is 2. The van der Waals surface area contributed by atoms with Gasteiger partial charge in [-0.3, -0.25) is 4.79 Å². The van der Waals surface area contributed by atoms with Crippen molar-refractivity contribution in [2.75, 3.05) is 63.0 Å². The number of hydrogen-bond acceptors (Lipinski definition) is 8. The van der Waals surface area contributed by atoms with Gasteiger partial charge < -0.3 is 30.1 Å². The summed E-state index contributed by atoms with van der Waals surface area (Å²) in [5, 5.41) is 5.71. The van der Waals surface area contributed by atoms with Crippen LogP contribution < -0.4 is 20.3 Å². The lowest BCUT2D eigenvalue weighted by Gasteiger charge is -2.25. The van der Waals surface area contributed by atoms with Crippen molar-refractivity contribution in [1.29, 1.82) is 0 Å². The number of alkyl halides is 4. The fourth-order valence-corrected chi connectivity index (χ4v) is 5.96. The van der Waals surface area contributed by atoms with Gasteiger partial charge >= 0.3 is 6.18 Å². The third-order valence-electron chi connectivity index (χ3n) is 8.39. The number of nitrogens with zero attached hydrogens (tertiary/aromatic N) is 5. The zero-order valence-corrected chi connectivity index (χ0v) is 25.2. The molecule has 0 aliphatic carbocycles. The van der Waals surface area contributed by atoms with E-state index >= 15 is 0 Å². The summed E-state index contributed by atoms with van der Waals surface area (Å²) < 4.78 is 60.9. The van der Waals surface area contributed by atoms with E-state index < -0.39 is 36.2 Å². The molecule has 236 valence electrons. The highest BCUT2D eigenvalue weighted by molar-refractivity contribution is 6.04. The molecule has 0 spiro atoms. The van der Waals surface area contributed by atoms with Crippen LogP contribution in [0.1, 0.15) is 53.7 Å². The summed E-state index contributed by atoms with van der Waals surface area (Å²) in [6.45, 7) is 2.71. The zero-order chi connectivity index (χ0) is 31.6. The molecule has 1 aromatic heterocycles. The van der Waals surface area contributed by atoms with Gasteiger partial charge in [0.15, 0.2) is 0 Å². The minimum absolute atomic E-state index is 0.0959. The van der Waals surface area contributed by atoms with Crippen LogP contribution in [-0.4, -0.2) is 79.2 Å². The molecule has 1 saturated heterocycles. The lowest BCUT2D eigenvalue weighted by atomic mass is 10.0. The molecule has 1 fully saturated rings. The Morgan fingerprint density at radius 2 is 1.89 bits per heavy atom. The molecule has 3 aromatic rings. The van der Waals surface area contributed by atoms with Crippen molar-refractivity contribution in [3.05, 3.63) is 59.3 Å². The molecule has 2 unspecified atom stereocenters. The summed E-state index contributed by atoms with van der Waals surface area (Å²) in [6.07, 6.45) is -0.859. The molecule has 2 aromatic carbocycles. The van der Waals surface area contributed by atoms with Crippen molar-refractivity contribution in [3.8, 4) is 5.75 Å². The van der Waals surface area contributed by atoms with E-state index in [1.165, 1.54) is 18.1 Å². The summed E-state index contributed by atoms with van der Waals surface area (Å²) in [5.74, 6) is -0.590. The molecule has 1 amide bonds. The quantitative estimate of drug-likeness (QED) is 0.268. The standard InChI is InChI=1S/C31H37F4N7O2/c1-19-22-8-5-9-25(27(22)29(43)42(19)16-13-32)37-28-23(31(33,34)35)18-36-30(39-28)38-24-11-10-21(17-26(24)44-4)41-14-6-7-20(12-15-41)40(2)3/h5,8-11,17-20H,6-7,12-16H2,1-4H3,(H2,36,37,38,39). The predicted molar refractivity (Wildman–Crippen MR) is 162 cm³/mol. The summed E-state index contributed by atoms with van der Waals surface area (Å²) in [5.41, 5.74) is 1.31. The molecule has 2 aliphatic heterocycles. The van der Waals surface area contributed by atoms with Crippen LogP contribution in [0.25, 0.3) is 0 Å². The third kappa shape index (κ3) is 6.37. The third-order valence-corrected chi connectivity index (χ3v) is 8.39. The van der Waals surface area contributed by atoms with Crippen molar-refractivity contribution >= 4 is 34.7 Å². The minimum Gasteiger partial charge on any atom is -0.494 e. The van der Waals surface area contributed by atoms with E-state index in [-0.39, 0.29) is 23.7 Å². The molecule has 2 N–H and O–H groups in total. The van der Waals surface area contributed by atoms with Gasteiger partial charge in [0.25, 0.3) is 5.91 Å². The Hall–Kier alpha value is -4.13. The van der Waals surface area contributed by atoms with E-state index in [1.807, 2.05) is 12.1 Å². The van der Waals surface area contributed by atoms with Gasteiger partial charge in [0.2, 0.25) is 5.95 Å². The number of ether oxygens (including phenoxy) is 1.